The van der Waals surface area contributed by atoms with Crippen LogP contribution in [0.5, 0.6) is 0 Å². The Morgan fingerprint density at radius 2 is 1.30 bits per heavy atom. The quantitative estimate of drug-likeness (QED) is 0.580. The van der Waals surface area contributed by atoms with Gasteiger partial charge in [-0.05, 0) is 70.5 Å². The van der Waals surface area contributed by atoms with Crippen LogP contribution in [0.1, 0.15) is 22.3 Å². The number of hydrogen-bond acceptors (Lipinski definition) is 0. The third kappa shape index (κ3) is 2.11. The van der Waals surface area contributed by atoms with Gasteiger partial charge < -0.3 is 0 Å². The summed E-state index contributed by atoms with van der Waals surface area (Å²) < 4.78 is 2.32. The van der Waals surface area contributed by atoms with Crippen LogP contribution in [-0.2, 0) is 12.8 Å². The Hall–Kier alpha value is -1.12. The van der Waals surface area contributed by atoms with Crippen molar-refractivity contribution in [2.24, 2.45) is 0 Å². The molecule has 0 aliphatic heterocycles. The van der Waals surface area contributed by atoms with Crippen LogP contribution < -0.4 is 0 Å². The van der Waals surface area contributed by atoms with Crippen molar-refractivity contribution >= 4 is 44.0 Å². The van der Waals surface area contributed by atoms with E-state index in [-0.39, 0.29) is 0 Å². The molecule has 0 bridgehead atoms. The fraction of sp³-hybridized carbons (Fsp3) is 0.111. The van der Waals surface area contributed by atoms with E-state index in [4.69, 9.17) is 0 Å². The molecule has 0 atom stereocenters. The molecule has 0 saturated carbocycles. The number of benzene rings is 2. The lowest BCUT2D eigenvalue weighted by molar-refractivity contribution is 1.13. The zero-order valence-corrected chi connectivity index (χ0v) is 14.0. The van der Waals surface area contributed by atoms with E-state index in [2.05, 4.69) is 80.4 Å². The monoisotopic (exact) mass is 386 g/mol. The van der Waals surface area contributed by atoms with Gasteiger partial charge in [-0.2, -0.15) is 0 Å². The fourth-order valence-electron chi connectivity index (χ4n) is 3.03. The van der Waals surface area contributed by atoms with Gasteiger partial charge in [-0.1, -0.05) is 56.1 Å². The summed E-state index contributed by atoms with van der Waals surface area (Å²) in [6.45, 7) is 0. The van der Waals surface area contributed by atoms with Gasteiger partial charge in [0.15, 0.2) is 0 Å². The third-order valence-electron chi connectivity index (χ3n) is 4.05. The smallest absolute Gasteiger partial charge is 0.0181 e. The molecule has 2 aliphatic rings. The largest absolute Gasteiger partial charge is 0.0570 e. The first-order valence-electron chi connectivity index (χ1n) is 6.67. The topological polar surface area (TPSA) is 0 Å². The van der Waals surface area contributed by atoms with Crippen molar-refractivity contribution in [2.75, 3.05) is 0 Å². The molecule has 0 N–H and O–H groups in total. The second-order valence-corrected chi connectivity index (χ2v) is 7.21. The van der Waals surface area contributed by atoms with Gasteiger partial charge in [-0.15, -0.1) is 0 Å². The van der Waals surface area contributed by atoms with Crippen LogP contribution in [0.2, 0.25) is 0 Å². The first-order valence-corrected chi connectivity index (χ1v) is 8.26. The molecule has 0 amide bonds. The maximum Gasteiger partial charge on any atom is 0.0181 e. The Kier molecular flexibility index (Phi) is 2.97. The molecule has 0 aromatic heterocycles. The predicted octanol–water partition coefficient (Wildman–Crippen LogP) is 5.79. The van der Waals surface area contributed by atoms with Gasteiger partial charge in [0.25, 0.3) is 0 Å². The predicted molar refractivity (Wildman–Crippen MR) is 91.6 cm³/mol. The maximum atomic E-state index is 3.56. The number of rotatable bonds is 1. The van der Waals surface area contributed by atoms with E-state index >= 15 is 0 Å². The minimum absolute atomic E-state index is 1.05. The summed E-state index contributed by atoms with van der Waals surface area (Å²) in [5.41, 5.74) is 8.50. The van der Waals surface area contributed by atoms with Crippen LogP contribution in [0.3, 0.4) is 0 Å². The normalized spacial score (nSPS) is 15.7. The molecule has 20 heavy (non-hydrogen) atoms. The number of allylic oxidation sites excluding steroid dienone is 2. The SMILES string of the molecule is Brc1ccc2c(c1)C=C(C1=Cc3ccc(Br)cc3C1)C2. The third-order valence-corrected chi connectivity index (χ3v) is 5.03. The van der Waals surface area contributed by atoms with Crippen LogP contribution in [0, 0.1) is 0 Å². The lowest BCUT2D eigenvalue weighted by Crippen LogP contribution is -1.90. The van der Waals surface area contributed by atoms with Gasteiger partial charge in [0.05, 0.1) is 0 Å². The van der Waals surface area contributed by atoms with Gasteiger partial charge in [0, 0.05) is 8.95 Å². The summed E-state index contributed by atoms with van der Waals surface area (Å²) in [6.07, 6.45) is 6.79. The maximum absolute atomic E-state index is 3.56. The molecule has 0 nitrogen and oxygen atoms in total. The van der Waals surface area contributed by atoms with Gasteiger partial charge >= 0.3 is 0 Å². The van der Waals surface area contributed by atoms with E-state index in [0.717, 1.165) is 17.3 Å². The molecule has 0 fully saturated rings. The highest BCUT2D eigenvalue weighted by Gasteiger charge is 2.20. The van der Waals surface area contributed by atoms with Gasteiger partial charge in [-0.25, -0.2) is 0 Å². The zero-order chi connectivity index (χ0) is 13.7. The molecular weight excluding hydrogens is 376 g/mol. The number of fused-ring (bicyclic) bond motifs is 2. The fourth-order valence-corrected chi connectivity index (χ4v) is 3.82. The van der Waals surface area contributed by atoms with E-state index in [1.54, 1.807) is 0 Å². The van der Waals surface area contributed by atoms with Gasteiger partial charge in [-0.3, -0.25) is 0 Å². The first kappa shape index (κ1) is 12.6. The minimum Gasteiger partial charge on any atom is -0.0570 e. The van der Waals surface area contributed by atoms with Gasteiger partial charge in [0.1, 0.15) is 0 Å². The van der Waals surface area contributed by atoms with E-state index < -0.39 is 0 Å². The average molecular weight is 388 g/mol. The Bertz CT molecular complexity index is 782. The van der Waals surface area contributed by atoms with Crippen molar-refractivity contribution < 1.29 is 0 Å². The summed E-state index contributed by atoms with van der Waals surface area (Å²) in [6, 6.07) is 13.1. The van der Waals surface area contributed by atoms with Crippen molar-refractivity contribution in [3.05, 3.63) is 78.7 Å². The standard InChI is InChI=1S/C18H12Br2/c19-17-3-1-11-5-13(7-15(11)9-17)14-6-12-2-4-18(20)10-16(12)8-14/h1-5,8-10H,6-7H2. The van der Waals surface area contributed by atoms with Crippen molar-refractivity contribution in [1.82, 2.24) is 0 Å². The molecule has 0 unspecified atom stereocenters. The molecule has 98 valence electrons. The molecule has 0 saturated heterocycles. The molecular formula is C18H12Br2. The van der Waals surface area contributed by atoms with Crippen LogP contribution in [0.15, 0.2) is 56.5 Å². The van der Waals surface area contributed by atoms with Crippen LogP contribution in [0.4, 0.5) is 0 Å². The molecule has 2 aliphatic carbocycles. The Morgan fingerprint density at radius 1 is 0.650 bits per heavy atom. The summed E-state index contributed by atoms with van der Waals surface area (Å²) in [4.78, 5) is 0. The van der Waals surface area contributed by atoms with Crippen molar-refractivity contribution in [2.45, 2.75) is 12.8 Å². The minimum atomic E-state index is 1.05. The molecule has 2 heteroatoms. The highest BCUT2D eigenvalue weighted by molar-refractivity contribution is 9.10. The van der Waals surface area contributed by atoms with E-state index in [1.807, 2.05) is 0 Å². The summed E-state index contributed by atoms with van der Waals surface area (Å²) >= 11 is 7.11. The van der Waals surface area contributed by atoms with Crippen molar-refractivity contribution in [1.29, 1.82) is 0 Å². The van der Waals surface area contributed by atoms with E-state index in [9.17, 15) is 0 Å². The van der Waals surface area contributed by atoms with Crippen molar-refractivity contribution in [3.63, 3.8) is 0 Å². The lowest BCUT2D eigenvalue weighted by atomic mass is 10.0. The molecule has 0 radical (unpaired) electrons. The van der Waals surface area contributed by atoms with Crippen LogP contribution in [0.25, 0.3) is 12.2 Å². The first-order chi connectivity index (χ1) is 9.69. The number of halogens is 2. The Morgan fingerprint density at radius 3 is 2.15 bits per heavy atom. The van der Waals surface area contributed by atoms with Crippen LogP contribution >= 0.6 is 31.9 Å². The van der Waals surface area contributed by atoms with E-state index in [1.165, 1.54) is 37.9 Å². The Balaban J connectivity index is 1.68. The molecule has 0 heterocycles. The van der Waals surface area contributed by atoms with Crippen molar-refractivity contribution in [3.8, 4) is 0 Å². The summed E-state index contributed by atoms with van der Waals surface area (Å²) in [5.74, 6) is 0. The molecule has 4 rings (SSSR count). The van der Waals surface area contributed by atoms with Crippen LogP contribution in [-0.4, -0.2) is 0 Å². The zero-order valence-electron chi connectivity index (χ0n) is 10.8. The summed E-state index contributed by atoms with van der Waals surface area (Å²) in [5, 5.41) is 0. The molecule has 2 aromatic rings. The molecule has 0 spiro atoms. The highest BCUT2D eigenvalue weighted by Crippen LogP contribution is 2.37. The number of hydrogen-bond donors (Lipinski definition) is 0. The molecule has 2 aromatic carbocycles. The highest BCUT2D eigenvalue weighted by atomic mass is 79.9. The lowest BCUT2D eigenvalue weighted by Gasteiger charge is -2.03. The van der Waals surface area contributed by atoms with E-state index in [0.29, 0.717) is 0 Å². The average Bonchev–Trinajstić information content (AvgIpc) is 3.00. The second-order valence-electron chi connectivity index (χ2n) is 5.38. The summed E-state index contributed by atoms with van der Waals surface area (Å²) in [7, 11) is 0. The Labute approximate surface area is 135 Å². The second kappa shape index (κ2) is 4.71. The van der Waals surface area contributed by atoms with Gasteiger partial charge in [0.2, 0.25) is 0 Å².